The quantitative estimate of drug-likeness (QED) is 0.296. The molecule has 2 heterocycles. The van der Waals surface area contributed by atoms with Gasteiger partial charge in [0.25, 0.3) is 5.91 Å². The molecule has 0 atom stereocenters. The van der Waals surface area contributed by atoms with Gasteiger partial charge in [-0.3, -0.25) is 25.8 Å². The zero-order chi connectivity index (χ0) is 20.8. The average molecular weight is 466 g/mol. The number of hydrogen-bond acceptors (Lipinski definition) is 5. The minimum absolute atomic E-state index is 0.0459. The van der Waals surface area contributed by atoms with Crippen LogP contribution in [0.25, 0.3) is 17.4 Å². The normalized spacial score (nSPS) is 10.7. The Hall–Kier alpha value is -2.65. The third-order valence-electron chi connectivity index (χ3n) is 3.51. The van der Waals surface area contributed by atoms with Crippen molar-refractivity contribution in [2.75, 3.05) is 0 Å². The van der Waals surface area contributed by atoms with Crippen LogP contribution in [0, 0.1) is 0 Å². The average Bonchev–Trinajstić information content (AvgIpc) is 3.39. The molecule has 0 fully saturated rings. The zero-order valence-corrected chi connectivity index (χ0v) is 17.7. The number of thiocarbonyl (C=S) groups is 1. The fraction of sp³-hybridized carbons (Fsp3) is 0. The molecule has 0 aliphatic rings. The van der Waals surface area contributed by atoms with Crippen molar-refractivity contribution < 1.29 is 14.0 Å². The van der Waals surface area contributed by atoms with E-state index in [1.165, 1.54) is 23.5 Å². The Morgan fingerprint density at radius 2 is 1.90 bits per heavy atom. The maximum atomic E-state index is 12.0. The van der Waals surface area contributed by atoms with E-state index in [0.717, 1.165) is 0 Å². The Morgan fingerprint density at radius 1 is 1.07 bits per heavy atom. The molecule has 2 aromatic heterocycles. The van der Waals surface area contributed by atoms with Crippen LogP contribution in [0.5, 0.6) is 0 Å². The molecule has 29 heavy (non-hydrogen) atoms. The van der Waals surface area contributed by atoms with Gasteiger partial charge in [-0.2, -0.15) is 0 Å². The Kier molecular flexibility index (Phi) is 7.05. The monoisotopic (exact) mass is 465 g/mol. The summed E-state index contributed by atoms with van der Waals surface area (Å²) < 4.78 is 5.67. The number of amides is 2. The van der Waals surface area contributed by atoms with E-state index in [9.17, 15) is 9.59 Å². The molecule has 0 saturated heterocycles. The molecule has 0 aliphatic carbocycles. The van der Waals surface area contributed by atoms with Gasteiger partial charge in [0.2, 0.25) is 5.91 Å². The lowest BCUT2D eigenvalue weighted by Gasteiger charge is -2.08. The van der Waals surface area contributed by atoms with Gasteiger partial charge in [0.05, 0.1) is 14.9 Å². The van der Waals surface area contributed by atoms with Crippen LogP contribution in [0.1, 0.15) is 15.4 Å². The molecule has 0 bridgehead atoms. The topological polar surface area (TPSA) is 83.4 Å². The second-order valence-corrected chi connectivity index (χ2v) is 7.65. The molecule has 1 aromatic carbocycles. The van der Waals surface area contributed by atoms with Crippen LogP contribution in [0.2, 0.25) is 10.0 Å². The first-order valence-electron chi connectivity index (χ1n) is 8.11. The van der Waals surface area contributed by atoms with Gasteiger partial charge in [0.1, 0.15) is 11.5 Å². The summed E-state index contributed by atoms with van der Waals surface area (Å²) in [6.07, 6.45) is 2.72. The highest BCUT2D eigenvalue weighted by Gasteiger charge is 2.11. The minimum Gasteiger partial charge on any atom is -0.457 e. The summed E-state index contributed by atoms with van der Waals surface area (Å²) in [4.78, 5) is 24.3. The highest BCUT2D eigenvalue weighted by molar-refractivity contribution is 7.80. The maximum absolute atomic E-state index is 12.0. The van der Waals surface area contributed by atoms with E-state index in [4.69, 9.17) is 39.8 Å². The van der Waals surface area contributed by atoms with Gasteiger partial charge in [-0.15, -0.1) is 11.3 Å². The second kappa shape index (κ2) is 9.71. The van der Waals surface area contributed by atoms with E-state index < -0.39 is 5.91 Å². The summed E-state index contributed by atoms with van der Waals surface area (Å²) in [5.74, 6) is 0.114. The van der Waals surface area contributed by atoms with Crippen molar-refractivity contribution in [2.24, 2.45) is 0 Å². The molecule has 0 radical (unpaired) electrons. The first-order valence-corrected chi connectivity index (χ1v) is 10.2. The molecule has 3 N–H and O–H groups in total. The predicted molar refractivity (Wildman–Crippen MR) is 119 cm³/mol. The van der Waals surface area contributed by atoms with E-state index in [1.807, 2.05) is 0 Å². The summed E-state index contributed by atoms with van der Waals surface area (Å²) in [6, 6.07) is 12.1. The number of hydrogen-bond donors (Lipinski definition) is 3. The van der Waals surface area contributed by atoms with E-state index in [2.05, 4.69) is 16.2 Å². The molecule has 148 valence electrons. The molecule has 6 nitrogen and oxygen atoms in total. The molecule has 0 aliphatic heterocycles. The van der Waals surface area contributed by atoms with Crippen molar-refractivity contribution in [3.05, 3.63) is 74.6 Å². The molecule has 0 spiro atoms. The lowest BCUT2D eigenvalue weighted by molar-refractivity contribution is -0.115. The van der Waals surface area contributed by atoms with Gasteiger partial charge in [-0.05, 0) is 54.0 Å². The highest BCUT2D eigenvalue weighted by Crippen LogP contribution is 2.34. The molecular formula is C19H13Cl2N3O3S2. The second-order valence-electron chi connectivity index (χ2n) is 5.51. The number of furan rings is 1. The summed E-state index contributed by atoms with van der Waals surface area (Å²) in [5, 5.41) is 4.95. The largest absolute Gasteiger partial charge is 0.457 e. The maximum Gasteiger partial charge on any atom is 0.279 e. The molecular weight excluding hydrogens is 453 g/mol. The highest BCUT2D eigenvalue weighted by atomic mass is 35.5. The zero-order valence-electron chi connectivity index (χ0n) is 14.6. The smallest absolute Gasteiger partial charge is 0.279 e. The van der Waals surface area contributed by atoms with E-state index in [0.29, 0.717) is 32.0 Å². The predicted octanol–water partition coefficient (Wildman–Crippen LogP) is 4.66. The number of halogens is 2. The van der Waals surface area contributed by atoms with Crippen LogP contribution in [0.15, 0.2) is 58.3 Å². The van der Waals surface area contributed by atoms with Gasteiger partial charge in [0.15, 0.2) is 5.11 Å². The standard InChI is InChI=1S/C19H13Cl2N3O3S2/c20-13-4-1-3-12(17(13)21)14-8-6-11(27-14)7-9-16(25)22-19(28)24-23-18(26)15-5-2-10-29-15/h1-10H,(H,23,26)(H2,22,24,25,28). The van der Waals surface area contributed by atoms with Crippen molar-refractivity contribution in [1.82, 2.24) is 16.2 Å². The van der Waals surface area contributed by atoms with Crippen molar-refractivity contribution in [1.29, 1.82) is 0 Å². The fourth-order valence-electron chi connectivity index (χ4n) is 2.21. The van der Waals surface area contributed by atoms with Crippen LogP contribution in [0.4, 0.5) is 0 Å². The molecule has 3 aromatic rings. The number of carbonyl (C=O) groups excluding carboxylic acids is 2. The Labute approximate surface area is 185 Å². The number of hydrazine groups is 1. The number of nitrogens with one attached hydrogen (secondary N) is 3. The van der Waals surface area contributed by atoms with Gasteiger partial charge >= 0.3 is 0 Å². The number of carbonyl (C=O) groups is 2. The van der Waals surface area contributed by atoms with E-state index >= 15 is 0 Å². The van der Waals surface area contributed by atoms with Crippen molar-refractivity contribution in [2.45, 2.75) is 0 Å². The van der Waals surface area contributed by atoms with Crippen LogP contribution in [-0.4, -0.2) is 16.9 Å². The van der Waals surface area contributed by atoms with Crippen molar-refractivity contribution in [3.8, 4) is 11.3 Å². The SMILES string of the molecule is O=C(C=Cc1ccc(-c2cccc(Cl)c2Cl)o1)NC(=S)NNC(=O)c1cccs1. The first kappa shape index (κ1) is 21.1. The fourth-order valence-corrected chi connectivity index (χ4v) is 3.37. The molecule has 0 unspecified atom stereocenters. The third-order valence-corrected chi connectivity index (χ3v) is 5.41. The number of benzene rings is 1. The minimum atomic E-state index is -0.494. The first-order chi connectivity index (χ1) is 13.9. The van der Waals surface area contributed by atoms with Gasteiger partial charge in [-0.1, -0.05) is 35.3 Å². The Bertz CT molecular complexity index is 1080. The lowest BCUT2D eigenvalue weighted by atomic mass is 10.2. The summed E-state index contributed by atoms with van der Waals surface area (Å²) in [6.45, 7) is 0. The van der Waals surface area contributed by atoms with Crippen molar-refractivity contribution in [3.63, 3.8) is 0 Å². The Morgan fingerprint density at radius 3 is 2.66 bits per heavy atom. The Balaban J connectivity index is 1.53. The van der Waals surface area contributed by atoms with Crippen LogP contribution < -0.4 is 16.2 Å². The lowest BCUT2D eigenvalue weighted by Crippen LogP contribution is -2.48. The van der Waals surface area contributed by atoms with Crippen LogP contribution in [-0.2, 0) is 4.79 Å². The summed E-state index contributed by atoms with van der Waals surface area (Å²) >= 11 is 18.4. The van der Waals surface area contributed by atoms with E-state index in [-0.39, 0.29) is 11.0 Å². The van der Waals surface area contributed by atoms with Crippen molar-refractivity contribution >= 4 is 69.8 Å². The molecule has 10 heteroatoms. The number of rotatable bonds is 4. The van der Waals surface area contributed by atoms with E-state index in [1.54, 1.807) is 47.8 Å². The molecule has 0 saturated carbocycles. The van der Waals surface area contributed by atoms with Crippen LogP contribution in [0.3, 0.4) is 0 Å². The molecule has 3 rings (SSSR count). The van der Waals surface area contributed by atoms with Gasteiger partial charge in [-0.25, -0.2) is 0 Å². The third kappa shape index (κ3) is 5.68. The van der Waals surface area contributed by atoms with Gasteiger partial charge < -0.3 is 4.42 Å². The summed E-state index contributed by atoms with van der Waals surface area (Å²) in [7, 11) is 0. The summed E-state index contributed by atoms with van der Waals surface area (Å²) in [5.41, 5.74) is 5.50. The number of thiophene rings is 1. The van der Waals surface area contributed by atoms with Gasteiger partial charge in [0, 0.05) is 11.6 Å². The molecule has 2 amide bonds. The van der Waals surface area contributed by atoms with Crippen LogP contribution >= 0.6 is 46.8 Å².